The molecule has 1 amide bonds. The van der Waals surface area contributed by atoms with Gasteiger partial charge in [0.05, 0.1) is 5.56 Å². The molecular formula is C17H15N3OS2. The molecule has 23 heavy (non-hydrogen) atoms. The molecular weight excluding hydrogens is 326 g/mol. The number of thiophene rings is 1. The minimum Gasteiger partial charge on any atom is -0.331 e. The molecule has 0 radical (unpaired) electrons. The van der Waals surface area contributed by atoms with Gasteiger partial charge in [-0.25, -0.2) is 0 Å². The zero-order chi connectivity index (χ0) is 16.2. The van der Waals surface area contributed by atoms with E-state index in [0.717, 1.165) is 21.3 Å². The zero-order valence-electron chi connectivity index (χ0n) is 12.4. The first-order chi connectivity index (χ1) is 11.1. The highest BCUT2D eigenvalue weighted by Gasteiger charge is 2.11. The van der Waals surface area contributed by atoms with E-state index in [1.165, 1.54) is 0 Å². The molecule has 3 aromatic rings. The maximum absolute atomic E-state index is 12.3. The van der Waals surface area contributed by atoms with Crippen LogP contribution in [0.1, 0.15) is 15.9 Å². The average molecular weight is 341 g/mol. The molecule has 3 N–H and O–H groups in total. The van der Waals surface area contributed by atoms with Crippen LogP contribution in [0.25, 0.3) is 10.1 Å². The minimum atomic E-state index is -0.212. The van der Waals surface area contributed by atoms with Crippen molar-refractivity contribution in [2.24, 2.45) is 0 Å². The summed E-state index contributed by atoms with van der Waals surface area (Å²) in [4.78, 5) is 12.3. The van der Waals surface area contributed by atoms with E-state index in [4.69, 9.17) is 12.2 Å². The smallest absolute Gasteiger partial charge is 0.271 e. The van der Waals surface area contributed by atoms with Gasteiger partial charge >= 0.3 is 0 Å². The van der Waals surface area contributed by atoms with Crippen LogP contribution in [0, 0.1) is 6.92 Å². The Morgan fingerprint density at radius 3 is 2.74 bits per heavy atom. The molecule has 0 bridgehead atoms. The molecule has 0 saturated heterocycles. The van der Waals surface area contributed by atoms with Crippen molar-refractivity contribution in [2.75, 3.05) is 5.32 Å². The molecule has 2 aromatic carbocycles. The Labute approximate surface area is 143 Å². The maximum Gasteiger partial charge on any atom is 0.271 e. The van der Waals surface area contributed by atoms with Crippen LogP contribution in [-0.4, -0.2) is 11.0 Å². The number of fused-ring (bicyclic) bond motifs is 1. The average Bonchev–Trinajstić information content (AvgIpc) is 2.97. The van der Waals surface area contributed by atoms with Gasteiger partial charge in [0.2, 0.25) is 0 Å². The minimum absolute atomic E-state index is 0.212. The summed E-state index contributed by atoms with van der Waals surface area (Å²) in [5, 5.41) is 6.15. The van der Waals surface area contributed by atoms with Crippen LogP contribution in [0.2, 0.25) is 0 Å². The number of aryl methyl sites for hydroxylation is 1. The Kier molecular flexibility index (Phi) is 4.55. The Bertz CT molecular complexity index is 873. The number of rotatable bonds is 2. The summed E-state index contributed by atoms with van der Waals surface area (Å²) in [7, 11) is 0. The highest BCUT2D eigenvalue weighted by molar-refractivity contribution is 7.80. The Morgan fingerprint density at radius 2 is 1.91 bits per heavy atom. The lowest BCUT2D eigenvalue weighted by molar-refractivity contribution is 0.0946. The monoisotopic (exact) mass is 341 g/mol. The third-order valence-electron chi connectivity index (χ3n) is 3.29. The van der Waals surface area contributed by atoms with E-state index >= 15 is 0 Å². The molecule has 116 valence electrons. The van der Waals surface area contributed by atoms with E-state index in [-0.39, 0.29) is 5.91 Å². The lowest BCUT2D eigenvalue weighted by Crippen LogP contribution is -2.43. The molecule has 0 unspecified atom stereocenters. The summed E-state index contributed by atoms with van der Waals surface area (Å²) >= 11 is 6.73. The number of anilines is 1. The quantitative estimate of drug-likeness (QED) is 0.490. The standard InChI is InChI=1S/C17H15N3OS2/c1-11-5-4-6-12(9-11)18-17(22)20-19-16(21)14-10-23-15-8-3-2-7-13(14)15/h2-10H,1H3,(H,19,21)(H2,18,20,22). The number of benzene rings is 2. The van der Waals surface area contributed by atoms with Crippen LogP contribution in [0.5, 0.6) is 0 Å². The van der Waals surface area contributed by atoms with Crippen molar-refractivity contribution in [2.45, 2.75) is 6.92 Å². The van der Waals surface area contributed by atoms with Gasteiger partial charge in [-0.15, -0.1) is 11.3 Å². The van der Waals surface area contributed by atoms with Gasteiger partial charge < -0.3 is 5.32 Å². The van der Waals surface area contributed by atoms with Crippen LogP contribution in [-0.2, 0) is 0 Å². The second-order valence-electron chi connectivity index (χ2n) is 5.05. The summed E-state index contributed by atoms with van der Waals surface area (Å²) < 4.78 is 1.08. The first-order valence-electron chi connectivity index (χ1n) is 7.04. The van der Waals surface area contributed by atoms with E-state index in [9.17, 15) is 4.79 Å². The van der Waals surface area contributed by atoms with Gasteiger partial charge in [0.15, 0.2) is 5.11 Å². The summed E-state index contributed by atoms with van der Waals surface area (Å²) in [6.45, 7) is 2.01. The molecule has 0 spiro atoms. The fraction of sp³-hybridized carbons (Fsp3) is 0.0588. The summed E-state index contributed by atoms with van der Waals surface area (Å²) in [6, 6.07) is 15.6. The Morgan fingerprint density at radius 1 is 1.09 bits per heavy atom. The van der Waals surface area contributed by atoms with Crippen molar-refractivity contribution in [1.29, 1.82) is 0 Å². The van der Waals surface area contributed by atoms with Crippen molar-refractivity contribution in [3.8, 4) is 0 Å². The number of carbonyl (C=O) groups is 1. The van der Waals surface area contributed by atoms with Crippen molar-refractivity contribution < 1.29 is 4.79 Å². The molecule has 3 rings (SSSR count). The van der Waals surface area contributed by atoms with E-state index in [1.807, 2.05) is 60.8 Å². The Balaban J connectivity index is 1.61. The molecule has 0 aliphatic rings. The normalized spacial score (nSPS) is 10.3. The molecule has 6 heteroatoms. The first kappa shape index (κ1) is 15.5. The number of thiocarbonyl (C=S) groups is 1. The van der Waals surface area contributed by atoms with Crippen LogP contribution in [0.15, 0.2) is 53.9 Å². The lowest BCUT2D eigenvalue weighted by atomic mass is 10.2. The van der Waals surface area contributed by atoms with Crippen LogP contribution >= 0.6 is 23.6 Å². The number of hydrogen-bond donors (Lipinski definition) is 3. The highest BCUT2D eigenvalue weighted by Crippen LogP contribution is 2.25. The third-order valence-corrected chi connectivity index (χ3v) is 4.46. The number of hydrogen-bond acceptors (Lipinski definition) is 3. The summed E-state index contributed by atoms with van der Waals surface area (Å²) in [5.41, 5.74) is 7.99. The molecule has 0 fully saturated rings. The second-order valence-corrected chi connectivity index (χ2v) is 6.37. The summed E-state index contributed by atoms with van der Waals surface area (Å²) in [6.07, 6.45) is 0. The fourth-order valence-corrected chi connectivity index (χ4v) is 3.33. The van der Waals surface area contributed by atoms with Crippen molar-refractivity contribution in [1.82, 2.24) is 10.9 Å². The van der Waals surface area contributed by atoms with E-state index in [0.29, 0.717) is 10.7 Å². The van der Waals surface area contributed by atoms with Crippen molar-refractivity contribution >= 4 is 50.3 Å². The van der Waals surface area contributed by atoms with Gasteiger partial charge in [-0.3, -0.25) is 15.6 Å². The molecule has 0 saturated carbocycles. The number of carbonyl (C=O) groups excluding carboxylic acids is 1. The third kappa shape index (κ3) is 3.67. The molecule has 1 heterocycles. The van der Waals surface area contributed by atoms with E-state index in [2.05, 4.69) is 16.2 Å². The predicted molar refractivity (Wildman–Crippen MR) is 99.8 cm³/mol. The molecule has 1 aromatic heterocycles. The largest absolute Gasteiger partial charge is 0.331 e. The van der Waals surface area contributed by atoms with Crippen LogP contribution < -0.4 is 16.2 Å². The number of hydrazine groups is 1. The molecule has 4 nitrogen and oxygen atoms in total. The van der Waals surface area contributed by atoms with Gasteiger partial charge in [-0.05, 0) is 42.9 Å². The zero-order valence-corrected chi connectivity index (χ0v) is 14.1. The number of nitrogens with one attached hydrogen (secondary N) is 3. The van der Waals surface area contributed by atoms with Gasteiger partial charge in [0.25, 0.3) is 5.91 Å². The molecule has 0 atom stereocenters. The second kappa shape index (κ2) is 6.76. The predicted octanol–water partition coefficient (Wildman–Crippen LogP) is 3.84. The topological polar surface area (TPSA) is 53.2 Å². The molecule has 0 aliphatic carbocycles. The Hall–Kier alpha value is -2.44. The van der Waals surface area contributed by atoms with Gasteiger partial charge in [0.1, 0.15) is 0 Å². The van der Waals surface area contributed by atoms with Gasteiger partial charge in [0, 0.05) is 21.2 Å². The lowest BCUT2D eigenvalue weighted by Gasteiger charge is -2.11. The SMILES string of the molecule is Cc1cccc(NC(=S)NNC(=O)c2csc3ccccc23)c1. The van der Waals surface area contributed by atoms with Crippen molar-refractivity contribution in [3.05, 3.63) is 65.0 Å². The van der Waals surface area contributed by atoms with Crippen molar-refractivity contribution in [3.63, 3.8) is 0 Å². The van der Waals surface area contributed by atoms with E-state index < -0.39 is 0 Å². The van der Waals surface area contributed by atoms with Crippen LogP contribution in [0.4, 0.5) is 5.69 Å². The highest BCUT2D eigenvalue weighted by atomic mass is 32.1. The number of amides is 1. The van der Waals surface area contributed by atoms with Crippen LogP contribution in [0.3, 0.4) is 0 Å². The summed E-state index contributed by atoms with van der Waals surface area (Å²) in [5.74, 6) is -0.212. The maximum atomic E-state index is 12.3. The van der Waals surface area contributed by atoms with Gasteiger partial charge in [-0.2, -0.15) is 0 Å². The molecule has 0 aliphatic heterocycles. The van der Waals surface area contributed by atoms with Gasteiger partial charge in [-0.1, -0.05) is 30.3 Å². The fourth-order valence-electron chi connectivity index (χ4n) is 2.22. The van der Waals surface area contributed by atoms with E-state index in [1.54, 1.807) is 11.3 Å². The first-order valence-corrected chi connectivity index (χ1v) is 8.32.